The Balaban J connectivity index is 1.23. The molecule has 1 amide bonds. The van der Waals surface area contributed by atoms with Crippen molar-refractivity contribution < 1.29 is 13.9 Å². The van der Waals surface area contributed by atoms with Crippen molar-refractivity contribution in [3.63, 3.8) is 0 Å². The van der Waals surface area contributed by atoms with Gasteiger partial charge in [0.1, 0.15) is 5.82 Å². The predicted molar refractivity (Wildman–Crippen MR) is 114 cm³/mol. The topological polar surface area (TPSA) is 80.5 Å². The van der Waals surface area contributed by atoms with E-state index in [2.05, 4.69) is 20.2 Å². The fourth-order valence-electron chi connectivity index (χ4n) is 3.18. The van der Waals surface area contributed by atoms with E-state index in [1.165, 1.54) is 0 Å². The van der Waals surface area contributed by atoms with Crippen LogP contribution >= 0.6 is 11.6 Å². The Labute approximate surface area is 180 Å². The molecule has 156 valence electrons. The molecular weight excluding hydrogens is 404 g/mol. The van der Waals surface area contributed by atoms with E-state index in [-0.39, 0.29) is 5.91 Å². The Morgan fingerprint density at radius 1 is 1.07 bits per heavy atom. The summed E-state index contributed by atoms with van der Waals surface area (Å²) in [6.07, 6.45) is 4.21. The van der Waals surface area contributed by atoms with Crippen LogP contribution in [0.25, 0.3) is 11.3 Å². The first kappa shape index (κ1) is 20.4. The number of halogens is 1. The summed E-state index contributed by atoms with van der Waals surface area (Å²) >= 11 is 5.90. The third kappa shape index (κ3) is 5.37. The standard InChI is InChI=1S/C22H23ClN4O3/c23-18-4-2-17(3-5-18)19-15-26-22(30-19)8-7-21(28)25-14-16-1-6-20(24-13-16)27-9-11-29-12-10-27/h1-6,13,15H,7-12,14H2,(H,25,28). The van der Waals surface area contributed by atoms with Crippen molar-refractivity contribution in [3.8, 4) is 11.3 Å². The van der Waals surface area contributed by atoms with Gasteiger partial charge in [-0.1, -0.05) is 17.7 Å². The first-order chi connectivity index (χ1) is 14.7. The summed E-state index contributed by atoms with van der Waals surface area (Å²) in [6, 6.07) is 11.3. The lowest BCUT2D eigenvalue weighted by Gasteiger charge is -2.27. The van der Waals surface area contributed by atoms with Gasteiger partial charge < -0.3 is 19.4 Å². The Hall–Kier alpha value is -2.90. The SMILES string of the molecule is O=C(CCc1ncc(-c2ccc(Cl)cc2)o1)NCc1ccc(N2CCOCC2)nc1. The van der Waals surface area contributed by atoms with Crippen LogP contribution in [0.15, 0.2) is 53.2 Å². The number of aromatic nitrogens is 2. The maximum atomic E-state index is 12.2. The summed E-state index contributed by atoms with van der Waals surface area (Å²) in [4.78, 5) is 23.1. The minimum Gasteiger partial charge on any atom is -0.441 e. The first-order valence-electron chi connectivity index (χ1n) is 9.92. The van der Waals surface area contributed by atoms with Crippen LogP contribution in [0.2, 0.25) is 5.02 Å². The normalized spacial score (nSPS) is 14.0. The van der Waals surface area contributed by atoms with Crippen molar-refractivity contribution in [2.24, 2.45) is 0 Å². The van der Waals surface area contributed by atoms with E-state index in [1.807, 2.05) is 24.3 Å². The lowest BCUT2D eigenvalue weighted by molar-refractivity contribution is -0.121. The van der Waals surface area contributed by atoms with Gasteiger partial charge in [-0.05, 0) is 35.9 Å². The molecule has 1 aromatic carbocycles. The third-order valence-electron chi connectivity index (χ3n) is 4.88. The quantitative estimate of drug-likeness (QED) is 0.623. The number of rotatable bonds is 7. The molecule has 30 heavy (non-hydrogen) atoms. The molecular formula is C22H23ClN4O3. The molecule has 1 aliphatic rings. The lowest BCUT2D eigenvalue weighted by atomic mass is 10.2. The first-order valence-corrected chi connectivity index (χ1v) is 10.3. The van der Waals surface area contributed by atoms with Gasteiger partial charge in [0.15, 0.2) is 11.7 Å². The number of morpholine rings is 1. The highest BCUT2D eigenvalue weighted by Crippen LogP contribution is 2.22. The lowest BCUT2D eigenvalue weighted by Crippen LogP contribution is -2.36. The number of hydrogen-bond acceptors (Lipinski definition) is 6. The van der Waals surface area contributed by atoms with Crippen LogP contribution < -0.4 is 10.2 Å². The van der Waals surface area contributed by atoms with Crippen molar-refractivity contribution >= 4 is 23.3 Å². The van der Waals surface area contributed by atoms with Crippen LogP contribution in [0.3, 0.4) is 0 Å². The summed E-state index contributed by atoms with van der Waals surface area (Å²) in [5.41, 5.74) is 1.86. The number of nitrogens with zero attached hydrogens (tertiary/aromatic N) is 3. The molecule has 0 atom stereocenters. The summed E-state index contributed by atoms with van der Waals surface area (Å²) in [7, 11) is 0. The highest BCUT2D eigenvalue weighted by molar-refractivity contribution is 6.30. The molecule has 0 radical (unpaired) electrons. The van der Waals surface area contributed by atoms with Gasteiger partial charge in [-0.3, -0.25) is 4.79 Å². The summed E-state index contributed by atoms with van der Waals surface area (Å²) in [5, 5.41) is 3.58. The maximum Gasteiger partial charge on any atom is 0.220 e. The van der Waals surface area contributed by atoms with E-state index in [9.17, 15) is 4.79 Å². The molecule has 1 fully saturated rings. The van der Waals surface area contributed by atoms with Gasteiger partial charge in [0.2, 0.25) is 5.91 Å². The zero-order valence-electron chi connectivity index (χ0n) is 16.5. The summed E-state index contributed by atoms with van der Waals surface area (Å²) in [6.45, 7) is 3.60. The van der Waals surface area contributed by atoms with Crippen molar-refractivity contribution in [2.75, 3.05) is 31.2 Å². The Bertz CT molecular complexity index is 967. The average Bonchev–Trinajstić information content (AvgIpc) is 3.27. The number of oxazole rings is 1. The number of pyridine rings is 1. The number of carbonyl (C=O) groups excluding carboxylic acids is 1. The number of carbonyl (C=O) groups is 1. The Morgan fingerprint density at radius 2 is 1.87 bits per heavy atom. The second kappa shape index (κ2) is 9.73. The molecule has 3 aromatic rings. The van der Waals surface area contributed by atoms with E-state index in [0.29, 0.717) is 36.1 Å². The molecule has 0 aliphatic carbocycles. The monoisotopic (exact) mass is 426 g/mol. The molecule has 3 heterocycles. The summed E-state index contributed by atoms with van der Waals surface area (Å²) in [5.74, 6) is 2.08. The van der Waals surface area contributed by atoms with Crippen molar-refractivity contribution in [1.82, 2.24) is 15.3 Å². The van der Waals surface area contributed by atoms with Crippen LogP contribution in [0.5, 0.6) is 0 Å². The van der Waals surface area contributed by atoms with E-state index in [0.717, 1.165) is 43.2 Å². The molecule has 7 nitrogen and oxygen atoms in total. The van der Waals surface area contributed by atoms with Crippen LogP contribution in [0.4, 0.5) is 5.82 Å². The molecule has 4 rings (SSSR count). The second-order valence-corrected chi connectivity index (χ2v) is 7.46. The van der Waals surface area contributed by atoms with Crippen LogP contribution in [-0.4, -0.2) is 42.2 Å². The fraction of sp³-hybridized carbons (Fsp3) is 0.318. The number of nitrogens with one attached hydrogen (secondary N) is 1. The van der Waals surface area contributed by atoms with Gasteiger partial charge in [0.25, 0.3) is 0 Å². The number of hydrogen-bond donors (Lipinski definition) is 1. The molecule has 0 bridgehead atoms. The van der Waals surface area contributed by atoms with E-state index < -0.39 is 0 Å². The fourth-order valence-corrected chi connectivity index (χ4v) is 3.31. The van der Waals surface area contributed by atoms with Gasteiger partial charge in [-0.2, -0.15) is 0 Å². The molecule has 1 saturated heterocycles. The van der Waals surface area contributed by atoms with Gasteiger partial charge in [0.05, 0.1) is 19.4 Å². The zero-order valence-corrected chi connectivity index (χ0v) is 17.3. The summed E-state index contributed by atoms with van der Waals surface area (Å²) < 4.78 is 11.1. The van der Waals surface area contributed by atoms with Gasteiger partial charge in [-0.15, -0.1) is 0 Å². The molecule has 0 spiro atoms. The molecule has 8 heteroatoms. The van der Waals surface area contributed by atoms with E-state index in [4.69, 9.17) is 20.8 Å². The van der Waals surface area contributed by atoms with Crippen LogP contribution in [-0.2, 0) is 22.5 Å². The largest absolute Gasteiger partial charge is 0.441 e. The Morgan fingerprint density at radius 3 is 2.60 bits per heavy atom. The van der Waals surface area contributed by atoms with Gasteiger partial charge >= 0.3 is 0 Å². The number of aryl methyl sites for hydroxylation is 1. The van der Waals surface area contributed by atoms with Gasteiger partial charge in [-0.25, -0.2) is 9.97 Å². The number of benzene rings is 1. The minimum atomic E-state index is -0.0569. The highest BCUT2D eigenvalue weighted by atomic mass is 35.5. The van der Waals surface area contributed by atoms with E-state index >= 15 is 0 Å². The third-order valence-corrected chi connectivity index (χ3v) is 5.13. The minimum absolute atomic E-state index is 0.0569. The van der Waals surface area contributed by atoms with Crippen molar-refractivity contribution in [3.05, 3.63) is 65.3 Å². The molecule has 0 saturated carbocycles. The molecule has 1 aliphatic heterocycles. The molecule has 2 aromatic heterocycles. The molecule has 1 N–H and O–H groups in total. The number of anilines is 1. The number of ether oxygens (including phenoxy) is 1. The highest BCUT2D eigenvalue weighted by Gasteiger charge is 2.12. The Kier molecular flexibility index (Phi) is 6.61. The maximum absolute atomic E-state index is 12.2. The average molecular weight is 427 g/mol. The van der Waals surface area contributed by atoms with Crippen molar-refractivity contribution in [1.29, 1.82) is 0 Å². The van der Waals surface area contributed by atoms with Gasteiger partial charge in [0, 0.05) is 49.3 Å². The smallest absolute Gasteiger partial charge is 0.220 e. The molecule has 0 unspecified atom stereocenters. The van der Waals surface area contributed by atoms with Crippen LogP contribution in [0, 0.1) is 0 Å². The van der Waals surface area contributed by atoms with Crippen molar-refractivity contribution in [2.45, 2.75) is 19.4 Å². The zero-order chi connectivity index (χ0) is 20.8. The van der Waals surface area contributed by atoms with E-state index in [1.54, 1.807) is 24.5 Å². The van der Waals surface area contributed by atoms with Crippen LogP contribution in [0.1, 0.15) is 17.9 Å². The predicted octanol–water partition coefficient (Wildman–Crippen LogP) is 3.48. The second-order valence-electron chi connectivity index (χ2n) is 7.03. The number of amides is 1.